The Hall–Kier alpha value is -1.63. The smallest absolute Gasteiger partial charge is 0.326 e. The van der Waals surface area contributed by atoms with E-state index in [4.69, 9.17) is 15.9 Å². The van der Waals surface area contributed by atoms with Crippen LogP contribution in [0.15, 0.2) is 0 Å². The standard InChI is InChI=1S/C10H18N2O5/c1-2-3-6(11)9(15)12-7(10(16)17)4-5-8(13)14/h6-7H,2-5,11H2,1H3,(H,12,15)(H,13,14)(H,16,17)/t6-,7-/m0/s1. The number of aliphatic carboxylic acids is 2. The molecule has 98 valence electrons. The number of hydrogen-bond donors (Lipinski definition) is 4. The van der Waals surface area contributed by atoms with Crippen molar-refractivity contribution in [2.45, 2.75) is 44.7 Å². The first-order valence-electron chi connectivity index (χ1n) is 5.39. The summed E-state index contributed by atoms with van der Waals surface area (Å²) in [6.45, 7) is 1.85. The van der Waals surface area contributed by atoms with Crippen molar-refractivity contribution in [2.75, 3.05) is 0 Å². The third-order valence-corrected chi connectivity index (χ3v) is 2.20. The molecule has 0 rings (SSSR count). The van der Waals surface area contributed by atoms with Gasteiger partial charge >= 0.3 is 11.9 Å². The summed E-state index contributed by atoms with van der Waals surface area (Å²) < 4.78 is 0. The first-order valence-corrected chi connectivity index (χ1v) is 5.39. The lowest BCUT2D eigenvalue weighted by Crippen LogP contribution is -2.48. The second-order valence-corrected chi connectivity index (χ2v) is 3.73. The predicted molar refractivity (Wildman–Crippen MR) is 59.3 cm³/mol. The van der Waals surface area contributed by atoms with Crippen molar-refractivity contribution in [3.05, 3.63) is 0 Å². The zero-order valence-electron chi connectivity index (χ0n) is 9.68. The van der Waals surface area contributed by atoms with Gasteiger partial charge < -0.3 is 21.3 Å². The molecule has 0 saturated heterocycles. The number of carboxylic acids is 2. The molecule has 0 heterocycles. The van der Waals surface area contributed by atoms with Gasteiger partial charge in [0.05, 0.1) is 6.04 Å². The lowest BCUT2D eigenvalue weighted by molar-refractivity contribution is -0.143. The summed E-state index contributed by atoms with van der Waals surface area (Å²) in [5, 5.41) is 19.5. The number of carbonyl (C=O) groups excluding carboxylic acids is 1. The molecule has 7 nitrogen and oxygen atoms in total. The summed E-state index contributed by atoms with van der Waals surface area (Å²) in [4.78, 5) is 32.5. The van der Waals surface area contributed by atoms with E-state index in [1.165, 1.54) is 0 Å². The third kappa shape index (κ3) is 6.52. The molecule has 0 unspecified atom stereocenters. The Labute approximate surface area is 99.0 Å². The molecular formula is C10H18N2O5. The fraction of sp³-hybridized carbons (Fsp3) is 0.700. The first-order chi connectivity index (χ1) is 7.88. The minimum absolute atomic E-state index is 0.157. The lowest BCUT2D eigenvalue weighted by Gasteiger charge is -2.16. The molecule has 1 amide bonds. The van der Waals surface area contributed by atoms with Crippen molar-refractivity contribution in [3.8, 4) is 0 Å². The third-order valence-electron chi connectivity index (χ3n) is 2.20. The Morgan fingerprint density at radius 2 is 1.82 bits per heavy atom. The maximum Gasteiger partial charge on any atom is 0.326 e. The fourth-order valence-electron chi connectivity index (χ4n) is 1.25. The van der Waals surface area contributed by atoms with Gasteiger partial charge in [0.25, 0.3) is 0 Å². The van der Waals surface area contributed by atoms with Crippen molar-refractivity contribution in [2.24, 2.45) is 5.73 Å². The van der Waals surface area contributed by atoms with E-state index in [0.29, 0.717) is 12.8 Å². The topological polar surface area (TPSA) is 130 Å². The molecule has 0 aliphatic heterocycles. The SMILES string of the molecule is CCC[C@H](N)C(=O)N[C@@H](CCC(=O)O)C(=O)O. The maximum absolute atomic E-state index is 11.4. The van der Waals surface area contributed by atoms with Crippen LogP contribution in [0, 0.1) is 0 Å². The molecule has 0 bridgehead atoms. The zero-order chi connectivity index (χ0) is 13.4. The van der Waals surface area contributed by atoms with Gasteiger partial charge in [-0.15, -0.1) is 0 Å². The molecule has 0 aromatic rings. The first kappa shape index (κ1) is 15.4. The number of rotatable bonds is 8. The lowest BCUT2D eigenvalue weighted by atomic mass is 10.1. The molecule has 0 spiro atoms. The van der Waals surface area contributed by atoms with Crippen molar-refractivity contribution < 1.29 is 24.6 Å². The van der Waals surface area contributed by atoms with Gasteiger partial charge in [-0.2, -0.15) is 0 Å². The monoisotopic (exact) mass is 246 g/mol. The van der Waals surface area contributed by atoms with Crippen LogP contribution in [0.1, 0.15) is 32.6 Å². The molecule has 0 saturated carbocycles. The average molecular weight is 246 g/mol. The van der Waals surface area contributed by atoms with Crippen LogP contribution in [0.5, 0.6) is 0 Å². The second kappa shape index (κ2) is 7.61. The minimum atomic E-state index is -1.26. The van der Waals surface area contributed by atoms with Gasteiger partial charge in [-0.25, -0.2) is 4.79 Å². The highest BCUT2D eigenvalue weighted by atomic mass is 16.4. The van der Waals surface area contributed by atoms with Crippen molar-refractivity contribution in [3.63, 3.8) is 0 Å². The molecule has 0 aliphatic carbocycles. The molecule has 0 aliphatic rings. The van der Waals surface area contributed by atoms with Crippen LogP contribution < -0.4 is 11.1 Å². The molecule has 0 aromatic carbocycles. The number of amides is 1. The Bertz CT molecular complexity index is 292. The molecule has 2 atom stereocenters. The van der Waals surface area contributed by atoms with Crippen LogP contribution in [0.3, 0.4) is 0 Å². The predicted octanol–water partition coefficient (Wildman–Crippen LogP) is -0.452. The average Bonchev–Trinajstić information content (AvgIpc) is 2.23. The molecule has 5 N–H and O–H groups in total. The largest absolute Gasteiger partial charge is 0.481 e. The van der Waals surface area contributed by atoms with Gasteiger partial charge in [0, 0.05) is 6.42 Å². The van der Waals surface area contributed by atoms with Gasteiger partial charge in [0.15, 0.2) is 0 Å². The van der Waals surface area contributed by atoms with E-state index >= 15 is 0 Å². The van der Waals surface area contributed by atoms with E-state index in [-0.39, 0.29) is 12.8 Å². The van der Waals surface area contributed by atoms with Crippen molar-refractivity contribution in [1.29, 1.82) is 0 Å². The van der Waals surface area contributed by atoms with Crippen molar-refractivity contribution in [1.82, 2.24) is 5.32 Å². The fourth-order valence-corrected chi connectivity index (χ4v) is 1.25. The number of carboxylic acid groups (broad SMARTS) is 2. The summed E-state index contributed by atoms with van der Waals surface area (Å²) in [6, 6.07) is -1.96. The van der Waals surface area contributed by atoms with E-state index in [2.05, 4.69) is 5.32 Å². The van der Waals surface area contributed by atoms with Crippen LogP contribution in [0.2, 0.25) is 0 Å². The molecule has 7 heteroatoms. The molecule has 0 aromatic heterocycles. The van der Waals surface area contributed by atoms with E-state index < -0.39 is 29.9 Å². The van der Waals surface area contributed by atoms with Crippen LogP contribution in [0.4, 0.5) is 0 Å². The van der Waals surface area contributed by atoms with Crippen LogP contribution >= 0.6 is 0 Å². The van der Waals surface area contributed by atoms with Crippen molar-refractivity contribution >= 4 is 17.8 Å². The van der Waals surface area contributed by atoms with Crippen LogP contribution in [-0.4, -0.2) is 40.1 Å². The summed E-state index contributed by atoms with van der Waals surface area (Å²) in [5.41, 5.74) is 5.51. The van der Waals surface area contributed by atoms with Gasteiger partial charge in [-0.3, -0.25) is 9.59 Å². The Balaban J connectivity index is 4.29. The summed E-state index contributed by atoms with van der Waals surface area (Å²) >= 11 is 0. The highest BCUT2D eigenvalue weighted by molar-refractivity contribution is 5.87. The van der Waals surface area contributed by atoms with Gasteiger partial charge in [0.2, 0.25) is 5.91 Å². The molecule has 0 radical (unpaired) electrons. The number of hydrogen-bond acceptors (Lipinski definition) is 4. The van der Waals surface area contributed by atoms with E-state index in [0.717, 1.165) is 0 Å². The van der Waals surface area contributed by atoms with E-state index in [1.54, 1.807) is 0 Å². The number of nitrogens with two attached hydrogens (primary N) is 1. The quantitative estimate of drug-likeness (QED) is 0.459. The highest BCUT2D eigenvalue weighted by Gasteiger charge is 2.23. The van der Waals surface area contributed by atoms with Gasteiger partial charge in [-0.05, 0) is 12.8 Å². The van der Waals surface area contributed by atoms with E-state index in [9.17, 15) is 14.4 Å². The Kier molecular flexibility index (Phi) is 6.88. The van der Waals surface area contributed by atoms with Crippen LogP contribution in [0.25, 0.3) is 0 Å². The van der Waals surface area contributed by atoms with Gasteiger partial charge in [0.1, 0.15) is 6.04 Å². The number of carbonyl (C=O) groups is 3. The highest BCUT2D eigenvalue weighted by Crippen LogP contribution is 2.00. The summed E-state index contributed by atoms with van der Waals surface area (Å²) in [6.07, 6.45) is 0.689. The maximum atomic E-state index is 11.4. The van der Waals surface area contributed by atoms with E-state index in [1.807, 2.05) is 6.92 Å². The molecule has 0 fully saturated rings. The zero-order valence-corrected chi connectivity index (χ0v) is 9.68. The normalized spacial score (nSPS) is 13.8. The number of nitrogens with one attached hydrogen (secondary N) is 1. The second-order valence-electron chi connectivity index (χ2n) is 3.73. The summed E-state index contributed by atoms with van der Waals surface area (Å²) in [7, 11) is 0. The minimum Gasteiger partial charge on any atom is -0.481 e. The summed E-state index contributed by atoms with van der Waals surface area (Å²) in [5.74, 6) is -2.93. The van der Waals surface area contributed by atoms with Gasteiger partial charge in [-0.1, -0.05) is 13.3 Å². The Morgan fingerprint density at radius 1 is 1.24 bits per heavy atom. The molecular weight excluding hydrogens is 228 g/mol. The molecule has 17 heavy (non-hydrogen) atoms. The Morgan fingerprint density at radius 3 is 2.24 bits per heavy atom. The van der Waals surface area contributed by atoms with Crippen LogP contribution in [-0.2, 0) is 14.4 Å².